The highest BCUT2D eigenvalue weighted by Crippen LogP contribution is 2.41. The molecule has 210 valence electrons. The lowest BCUT2D eigenvalue weighted by atomic mass is 9.98. The zero-order valence-electron chi connectivity index (χ0n) is 23.0. The highest BCUT2D eigenvalue weighted by molar-refractivity contribution is 7.81. The Labute approximate surface area is 228 Å². The van der Waals surface area contributed by atoms with Crippen LogP contribution in [0.25, 0.3) is 0 Å². The molecular formula is C27H39F2N5O3S. The molecule has 8 nitrogen and oxygen atoms in total. The summed E-state index contributed by atoms with van der Waals surface area (Å²) in [6, 6.07) is -0.126. The number of nitrogens with one attached hydrogen (secondary N) is 2. The number of amides is 2. The number of carbonyl (C=O) groups is 2. The van der Waals surface area contributed by atoms with Gasteiger partial charge in [0.25, 0.3) is 18.2 Å². The lowest BCUT2D eigenvalue weighted by Crippen LogP contribution is -2.45. The van der Waals surface area contributed by atoms with E-state index in [2.05, 4.69) is 20.6 Å². The first-order chi connectivity index (χ1) is 17.6. The fourth-order valence-electron chi connectivity index (χ4n) is 4.63. The molecule has 2 heterocycles. The van der Waals surface area contributed by atoms with Gasteiger partial charge in [0, 0.05) is 42.0 Å². The highest BCUT2D eigenvalue weighted by Gasteiger charge is 2.39. The molecule has 2 amide bonds. The van der Waals surface area contributed by atoms with Gasteiger partial charge in [0.1, 0.15) is 5.82 Å². The lowest BCUT2D eigenvalue weighted by molar-refractivity contribution is -0.131. The van der Waals surface area contributed by atoms with Crippen molar-refractivity contribution in [2.24, 2.45) is 10.9 Å². The van der Waals surface area contributed by atoms with Crippen LogP contribution in [0.2, 0.25) is 0 Å². The van der Waals surface area contributed by atoms with Gasteiger partial charge in [0.15, 0.2) is 6.04 Å². The summed E-state index contributed by atoms with van der Waals surface area (Å²) in [6.07, 6.45) is 2.16. The predicted octanol–water partition coefficient (Wildman–Crippen LogP) is 4.07. The van der Waals surface area contributed by atoms with Gasteiger partial charge in [-0.3, -0.25) is 14.6 Å². The molecule has 1 saturated carbocycles. The van der Waals surface area contributed by atoms with Gasteiger partial charge in [-0.1, -0.05) is 12.2 Å². The summed E-state index contributed by atoms with van der Waals surface area (Å²) in [5.74, 6) is -0.266. The molecule has 3 N–H and O–H groups in total. The van der Waals surface area contributed by atoms with E-state index < -0.39 is 29.9 Å². The number of alkyl halides is 2. The molecule has 2 fully saturated rings. The Balaban J connectivity index is 1.95. The molecule has 3 rings (SSSR count). The molecule has 2 atom stereocenters. The average Bonchev–Trinajstić information content (AvgIpc) is 3.61. The molecule has 1 aromatic heterocycles. The second-order valence-corrected chi connectivity index (χ2v) is 12.0. The molecule has 38 heavy (non-hydrogen) atoms. The van der Waals surface area contributed by atoms with Crippen molar-refractivity contribution in [2.45, 2.75) is 96.9 Å². The first kappa shape index (κ1) is 30.0. The third-order valence-electron chi connectivity index (χ3n) is 7.14. The van der Waals surface area contributed by atoms with E-state index in [1.54, 1.807) is 18.7 Å². The Morgan fingerprint density at radius 3 is 2.45 bits per heavy atom. The van der Waals surface area contributed by atoms with Crippen LogP contribution in [0.15, 0.2) is 17.3 Å². The maximum atomic E-state index is 14.3. The van der Waals surface area contributed by atoms with Crippen LogP contribution in [-0.4, -0.2) is 73.7 Å². The Morgan fingerprint density at radius 1 is 1.26 bits per heavy atom. The summed E-state index contributed by atoms with van der Waals surface area (Å²) in [7, 11) is 0. The summed E-state index contributed by atoms with van der Waals surface area (Å²) >= 11 is 5.61. The van der Waals surface area contributed by atoms with Crippen LogP contribution >= 0.6 is 12.2 Å². The number of aliphatic hydroxyl groups is 1. The molecule has 0 radical (unpaired) electrons. The van der Waals surface area contributed by atoms with E-state index in [-0.39, 0.29) is 39.8 Å². The van der Waals surface area contributed by atoms with Crippen molar-refractivity contribution in [3.8, 4) is 0 Å². The standard InChI is InChI=1S/C27H39F2N5O3S/c1-15-8-7-11-34(15)25(36)21(32-16(2)24(35)31-14-26(3,4)37)22(38)19-13-30-20(12-18(19)23(28)29)33-27(5,6)17-9-10-17/h12-13,15,17,21,23,37H,7-11,14H2,1-6H3,(H,30,33)(H,31,35)/t15-,21?/m0/s1. The fraction of sp³-hybridized carbons (Fsp3) is 0.667. The summed E-state index contributed by atoms with van der Waals surface area (Å²) in [4.78, 5) is 36.5. The van der Waals surface area contributed by atoms with Crippen molar-refractivity contribution in [1.82, 2.24) is 15.2 Å². The van der Waals surface area contributed by atoms with Gasteiger partial charge < -0.3 is 20.6 Å². The second-order valence-electron chi connectivity index (χ2n) is 11.6. The number of halogens is 2. The topological polar surface area (TPSA) is 107 Å². The quantitative estimate of drug-likeness (QED) is 0.218. The first-order valence-corrected chi connectivity index (χ1v) is 13.5. The van der Waals surface area contributed by atoms with Crippen molar-refractivity contribution >= 4 is 40.4 Å². The number of hydrogen-bond donors (Lipinski definition) is 3. The van der Waals surface area contributed by atoms with E-state index in [4.69, 9.17) is 12.2 Å². The summed E-state index contributed by atoms with van der Waals surface area (Å²) < 4.78 is 28.5. The van der Waals surface area contributed by atoms with Gasteiger partial charge in [-0.15, -0.1) is 0 Å². The summed E-state index contributed by atoms with van der Waals surface area (Å²) in [5, 5.41) is 15.7. The van der Waals surface area contributed by atoms with Crippen molar-refractivity contribution in [1.29, 1.82) is 0 Å². The zero-order valence-corrected chi connectivity index (χ0v) is 23.8. The number of hydrogen-bond acceptors (Lipinski definition) is 7. The van der Waals surface area contributed by atoms with Crippen LogP contribution in [0.3, 0.4) is 0 Å². The van der Waals surface area contributed by atoms with Gasteiger partial charge in [0.05, 0.1) is 16.2 Å². The Morgan fingerprint density at radius 2 is 1.92 bits per heavy atom. The number of carbonyl (C=O) groups excluding carboxylic acids is 2. The number of aliphatic imine (C=N–C) groups is 1. The van der Waals surface area contributed by atoms with Crippen molar-refractivity contribution in [3.63, 3.8) is 0 Å². The van der Waals surface area contributed by atoms with E-state index in [1.165, 1.54) is 19.2 Å². The number of nitrogens with zero attached hydrogens (tertiary/aromatic N) is 3. The molecule has 1 aromatic rings. The van der Waals surface area contributed by atoms with E-state index in [9.17, 15) is 23.5 Å². The van der Waals surface area contributed by atoms with Crippen LogP contribution in [0.4, 0.5) is 14.6 Å². The molecule has 1 aliphatic carbocycles. The number of aromatic nitrogens is 1. The molecular weight excluding hydrogens is 512 g/mol. The van der Waals surface area contributed by atoms with Gasteiger partial charge in [-0.05, 0) is 79.2 Å². The second kappa shape index (κ2) is 11.7. The minimum atomic E-state index is -2.86. The fourth-order valence-corrected chi connectivity index (χ4v) is 4.95. The van der Waals surface area contributed by atoms with Crippen LogP contribution in [0, 0.1) is 5.92 Å². The lowest BCUT2D eigenvalue weighted by Gasteiger charge is -2.28. The number of rotatable bonds is 11. The summed E-state index contributed by atoms with van der Waals surface area (Å²) in [6.45, 7) is 10.9. The van der Waals surface area contributed by atoms with Crippen LogP contribution in [0.5, 0.6) is 0 Å². The predicted molar refractivity (Wildman–Crippen MR) is 148 cm³/mol. The maximum absolute atomic E-state index is 14.3. The Bertz CT molecular complexity index is 1100. The molecule has 11 heteroatoms. The number of anilines is 1. The van der Waals surface area contributed by atoms with Crippen LogP contribution < -0.4 is 10.6 Å². The van der Waals surface area contributed by atoms with Crippen molar-refractivity contribution < 1.29 is 23.5 Å². The monoisotopic (exact) mass is 551 g/mol. The van der Waals surface area contributed by atoms with Crippen molar-refractivity contribution in [3.05, 3.63) is 23.4 Å². The van der Waals surface area contributed by atoms with Gasteiger partial charge >= 0.3 is 0 Å². The number of thiocarbonyl (C=S) groups is 1. The molecule has 1 unspecified atom stereocenters. The van der Waals surface area contributed by atoms with Gasteiger partial charge in [-0.2, -0.15) is 0 Å². The van der Waals surface area contributed by atoms with Crippen LogP contribution in [0.1, 0.15) is 84.8 Å². The van der Waals surface area contributed by atoms with Crippen molar-refractivity contribution in [2.75, 3.05) is 18.4 Å². The molecule has 2 aliphatic rings. The van der Waals surface area contributed by atoms with E-state index in [0.29, 0.717) is 18.3 Å². The highest BCUT2D eigenvalue weighted by atomic mass is 32.1. The Kier molecular flexibility index (Phi) is 9.24. The minimum absolute atomic E-state index is 0.0317. The maximum Gasteiger partial charge on any atom is 0.265 e. The van der Waals surface area contributed by atoms with Gasteiger partial charge in [-0.25, -0.2) is 13.8 Å². The number of likely N-dealkylation sites (tertiary alicyclic amines) is 1. The van der Waals surface area contributed by atoms with E-state index in [1.807, 2.05) is 20.8 Å². The largest absolute Gasteiger partial charge is 0.389 e. The van der Waals surface area contributed by atoms with E-state index >= 15 is 0 Å². The minimum Gasteiger partial charge on any atom is -0.389 e. The molecule has 0 aromatic carbocycles. The normalized spacial score (nSPS) is 19.5. The molecule has 1 saturated heterocycles. The van der Waals surface area contributed by atoms with E-state index in [0.717, 1.165) is 25.7 Å². The Hall–Kier alpha value is -2.53. The SMILES string of the molecule is CC(=NC(C(=O)N1CCC[C@@H]1C)C(=S)c1cnc(NC(C)(C)C2CC2)cc1C(F)F)C(=O)NCC(C)(C)O. The number of pyridine rings is 1. The molecule has 1 aliphatic heterocycles. The van der Waals surface area contributed by atoms with Crippen LogP contribution in [-0.2, 0) is 9.59 Å². The first-order valence-electron chi connectivity index (χ1n) is 13.1. The third kappa shape index (κ3) is 7.53. The average molecular weight is 552 g/mol. The third-order valence-corrected chi connectivity index (χ3v) is 7.58. The van der Waals surface area contributed by atoms with Gasteiger partial charge in [0.2, 0.25) is 0 Å². The summed E-state index contributed by atoms with van der Waals surface area (Å²) in [5.41, 5.74) is -1.86. The zero-order chi connectivity index (χ0) is 28.4. The molecule has 0 bridgehead atoms. The smallest absolute Gasteiger partial charge is 0.265 e. The molecule has 0 spiro atoms.